The maximum absolute atomic E-state index is 2.34. The lowest BCUT2D eigenvalue weighted by Crippen LogP contribution is -2.17. The molecule has 0 heterocycles. The van der Waals surface area contributed by atoms with E-state index in [4.69, 9.17) is 0 Å². The van der Waals surface area contributed by atoms with Crippen molar-refractivity contribution in [1.82, 2.24) is 0 Å². The molecule has 1 atom stereocenters. The van der Waals surface area contributed by atoms with Crippen LogP contribution in [0.5, 0.6) is 0 Å². The molecule has 0 aliphatic rings. The van der Waals surface area contributed by atoms with Crippen LogP contribution in [0.15, 0.2) is 126 Å². The Labute approximate surface area is 193 Å². The molecule has 3 heteroatoms. The first kappa shape index (κ1) is 22.3. The molecule has 1 unspecified atom stereocenters. The van der Waals surface area contributed by atoms with Crippen molar-refractivity contribution in [1.29, 1.82) is 0 Å². The van der Waals surface area contributed by atoms with Crippen LogP contribution in [-0.4, -0.2) is 24.2 Å². The van der Waals surface area contributed by atoms with E-state index in [1.807, 2.05) is 11.8 Å². The zero-order valence-electron chi connectivity index (χ0n) is 17.7. The van der Waals surface area contributed by atoms with Gasteiger partial charge in [-0.05, 0) is 54.5 Å². The molecule has 0 aliphatic heterocycles. The molecule has 4 aromatic carbocycles. The summed E-state index contributed by atoms with van der Waals surface area (Å²) >= 11 is 1.99. The maximum Gasteiger partial charge on any atom is 0.00720 e. The van der Waals surface area contributed by atoms with E-state index in [1.165, 1.54) is 39.7 Å². The minimum atomic E-state index is -0.323. The van der Waals surface area contributed by atoms with Gasteiger partial charge < -0.3 is 0 Å². The highest BCUT2D eigenvalue weighted by atomic mass is 32.2. The largest absolute Gasteiger partial charge is 0.126 e. The van der Waals surface area contributed by atoms with Crippen LogP contribution in [-0.2, 0) is 0 Å². The van der Waals surface area contributed by atoms with Gasteiger partial charge in [-0.3, -0.25) is 0 Å². The van der Waals surface area contributed by atoms with E-state index < -0.39 is 0 Å². The summed E-state index contributed by atoms with van der Waals surface area (Å²) in [4.78, 5) is 1.38. The molecular formula is C28H28P2S. The Hall–Kier alpha value is -1.91. The molecule has 0 bridgehead atoms. The Bertz CT molecular complexity index is 968. The minimum Gasteiger partial charge on any atom is -0.126 e. The van der Waals surface area contributed by atoms with E-state index in [0.717, 1.165) is 0 Å². The van der Waals surface area contributed by atoms with Crippen LogP contribution in [0.3, 0.4) is 0 Å². The van der Waals surface area contributed by atoms with Gasteiger partial charge >= 0.3 is 0 Å². The zero-order valence-corrected chi connectivity index (χ0v) is 20.3. The summed E-state index contributed by atoms with van der Waals surface area (Å²) in [7, 11) is -0.493. The summed E-state index contributed by atoms with van der Waals surface area (Å²) in [5.74, 6) is 1.18. The molecule has 31 heavy (non-hydrogen) atoms. The number of rotatable bonds is 10. The Balaban J connectivity index is 1.48. The van der Waals surface area contributed by atoms with Gasteiger partial charge in [0.05, 0.1) is 0 Å². The number of hydrogen-bond acceptors (Lipinski definition) is 1. The summed E-state index contributed by atoms with van der Waals surface area (Å²) in [5, 5.41) is 4.53. The Morgan fingerprint density at radius 1 is 0.452 bits per heavy atom. The number of hydrogen-bond donors (Lipinski definition) is 0. The van der Waals surface area contributed by atoms with Crippen molar-refractivity contribution in [3.63, 3.8) is 0 Å². The van der Waals surface area contributed by atoms with E-state index in [0.29, 0.717) is 0 Å². The minimum absolute atomic E-state index is 0.170. The van der Waals surface area contributed by atoms with Crippen LogP contribution >= 0.6 is 27.6 Å². The highest BCUT2D eigenvalue weighted by molar-refractivity contribution is 7.99. The lowest BCUT2D eigenvalue weighted by atomic mass is 10.4. The molecule has 0 saturated carbocycles. The van der Waals surface area contributed by atoms with Gasteiger partial charge in [0, 0.05) is 10.6 Å². The van der Waals surface area contributed by atoms with E-state index in [2.05, 4.69) is 121 Å². The van der Waals surface area contributed by atoms with Crippen molar-refractivity contribution < 1.29 is 0 Å². The smallest absolute Gasteiger partial charge is 0.00720 e. The van der Waals surface area contributed by atoms with Gasteiger partial charge in [-0.25, -0.2) is 0 Å². The van der Waals surface area contributed by atoms with E-state index >= 15 is 0 Å². The maximum atomic E-state index is 2.34. The lowest BCUT2D eigenvalue weighted by molar-refractivity contribution is 1.41. The molecule has 0 spiro atoms. The lowest BCUT2D eigenvalue weighted by Gasteiger charge is -2.23. The number of benzene rings is 4. The Morgan fingerprint density at radius 3 is 1.42 bits per heavy atom. The standard InChI is InChI=1S/C28H28P2S/c1-5-13-25(14-6-1)29(23-24-31-28-19-11-4-12-20-28)21-22-30(26-15-7-2-8-16-26)27-17-9-3-10-18-27/h1-20H,21-24H2. The van der Waals surface area contributed by atoms with Gasteiger partial charge in [0.2, 0.25) is 0 Å². The monoisotopic (exact) mass is 458 g/mol. The van der Waals surface area contributed by atoms with Crippen LogP contribution in [0.1, 0.15) is 0 Å². The molecule has 156 valence electrons. The quantitative estimate of drug-likeness (QED) is 0.188. The zero-order chi connectivity index (χ0) is 21.1. The van der Waals surface area contributed by atoms with E-state index in [1.54, 1.807) is 5.30 Å². The molecular weight excluding hydrogens is 430 g/mol. The predicted octanol–water partition coefficient (Wildman–Crippen LogP) is 6.72. The van der Waals surface area contributed by atoms with Gasteiger partial charge in [0.1, 0.15) is 0 Å². The van der Waals surface area contributed by atoms with Crippen molar-refractivity contribution in [2.75, 3.05) is 24.2 Å². The molecule has 0 N–H and O–H groups in total. The van der Waals surface area contributed by atoms with Crippen molar-refractivity contribution in [2.45, 2.75) is 4.90 Å². The average molecular weight is 459 g/mol. The summed E-state index contributed by atoms with van der Waals surface area (Å²) in [5.41, 5.74) is 0. The highest BCUT2D eigenvalue weighted by Gasteiger charge is 2.17. The fourth-order valence-corrected chi connectivity index (χ4v) is 10.5. The molecule has 0 saturated heterocycles. The summed E-state index contributed by atoms with van der Waals surface area (Å²) in [6.45, 7) is 0. The summed E-state index contributed by atoms with van der Waals surface area (Å²) in [6.07, 6.45) is 3.80. The second-order valence-corrected chi connectivity index (χ2v) is 13.3. The first-order valence-corrected chi connectivity index (χ1v) is 15.0. The van der Waals surface area contributed by atoms with E-state index in [9.17, 15) is 0 Å². The van der Waals surface area contributed by atoms with Gasteiger partial charge in [0.15, 0.2) is 0 Å². The third-order valence-corrected chi connectivity index (χ3v) is 12.0. The summed E-state index contributed by atoms with van der Waals surface area (Å²) < 4.78 is 0. The van der Waals surface area contributed by atoms with Crippen molar-refractivity contribution in [3.05, 3.63) is 121 Å². The molecule has 0 aromatic heterocycles. The first-order chi connectivity index (χ1) is 15.4. The predicted molar refractivity (Wildman–Crippen MR) is 144 cm³/mol. The van der Waals surface area contributed by atoms with Crippen LogP contribution in [0, 0.1) is 0 Å². The van der Waals surface area contributed by atoms with Gasteiger partial charge in [0.25, 0.3) is 0 Å². The van der Waals surface area contributed by atoms with E-state index in [-0.39, 0.29) is 15.8 Å². The molecule has 0 radical (unpaired) electrons. The first-order valence-electron chi connectivity index (χ1n) is 10.8. The third kappa shape index (κ3) is 6.78. The average Bonchev–Trinajstić information content (AvgIpc) is 2.85. The topological polar surface area (TPSA) is 0 Å². The van der Waals surface area contributed by atoms with Crippen molar-refractivity contribution in [3.8, 4) is 0 Å². The normalized spacial score (nSPS) is 12.0. The Kier molecular flexibility index (Phi) is 8.78. The molecule has 0 amide bonds. The van der Waals surface area contributed by atoms with Crippen LogP contribution in [0.25, 0.3) is 0 Å². The fraction of sp³-hybridized carbons (Fsp3) is 0.143. The molecule has 4 rings (SSSR count). The fourth-order valence-electron chi connectivity index (χ4n) is 3.64. The highest BCUT2D eigenvalue weighted by Crippen LogP contribution is 2.42. The van der Waals surface area contributed by atoms with Crippen LogP contribution in [0.2, 0.25) is 0 Å². The van der Waals surface area contributed by atoms with Gasteiger partial charge in [-0.2, -0.15) is 0 Å². The molecule has 0 aliphatic carbocycles. The molecule has 0 fully saturated rings. The van der Waals surface area contributed by atoms with Crippen LogP contribution in [0.4, 0.5) is 0 Å². The number of thioether (sulfide) groups is 1. The van der Waals surface area contributed by atoms with Crippen LogP contribution < -0.4 is 15.9 Å². The second kappa shape index (κ2) is 12.2. The second-order valence-electron chi connectivity index (χ2n) is 7.31. The van der Waals surface area contributed by atoms with Gasteiger partial charge in [-0.15, -0.1) is 11.8 Å². The molecule has 0 nitrogen and oxygen atoms in total. The third-order valence-electron chi connectivity index (χ3n) is 5.22. The van der Waals surface area contributed by atoms with Crippen molar-refractivity contribution in [2.24, 2.45) is 0 Å². The van der Waals surface area contributed by atoms with Crippen molar-refractivity contribution >= 4 is 43.5 Å². The van der Waals surface area contributed by atoms with Gasteiger partial charge in [-0.1, -0.05) is 117 Å². The SMILES string of the molecule is c1ccc(SCCP(CCP(c2ccccc2)c2ccccc2)c2ccccc2)cc1. The molecule has 4 aromatic rings. The Morgan fingerprint density at radius 2 is 0.903 bits per heavy atom. The summed E-state index contributed by atoms with van der Waals surface area (Å²) in [6, 6.07) is 44.3.